The summed E-state index contributed by atoms with van der Waals surface area (Å²) in [6.07, 6.45) is 0. The smallest absolute Gasteiger partial charge is 0.141 e. The average Bonchev–Trinajstić information content (AvgIpc) is 2.36. The fraction of sp³-hybridized carbons (Fsp3) is 0.0714. The second kappa shape index (κ2) is 5.67. The lowest BCUT2D eigenvalue weighted by Crippen LogP contribution is -2.09. The Morgan fingerprint density at radius 3 is 2.58 bits per heavy atom. The highest BCUT2D eigenvalue weighted by atomic mass is 79.9. The Morgan fingerprint density at radius 1 is 1.26 bits per heavy atom. The molecule has 0 radical (unpaired) electrons. The summed E-state index contributed by atoms with van der Waals surface area (Å²) in [4.78, 5) is 0.314. The lowest BCUT2D eigenvalue weighted by Gasteiger charge is -2.09. The summed E-state index contributed by atoms with van der Waals surface area (Å²) >= 11 is 8.26. The molecule has 19 heavy (non-hydrogen) atoms. The molecule has 0 heterocycles. The van der Waals surface area contributed by atoms with Crippen LogP contribution >= 0.6 is 28.1 Å². The zero-order valence-electron chi connectivity index (χ0n) is 10.1. The summed E-state index contributed by atoms with van der Waals surface area (Å²) in [6, 6.07) is 9.99. The van der Waals surface area contributed by atoms with Gasteiger partial charge >= 0.3 is 0 Å². The molecule has 0 fully saturated rings. The van der Waals surface area contributed by atoms with Crippen LogP contribution in [0, 0.1) is 12.7 Å². The van der Waals surface area contributed by atoms with Crippen LogP contribution in [-0.4, -0.2) is 4.99 Å². The topological polar surface area (TPSA) is 35.2 Å². The molecule has 0 aliphatic rings. The molecular formula is C14H11BrFNOS. The summed E-state index contributed by atoms with van der Waals surface area (Å²) in [7, 11) is 0. The number of thiocarbonyl (C=S) groups is 1. The minimum absolute atomic E-state index is 0.298. The molecule has 0 saturated heterocycles. The molecular weight excluding hydrogens is 329 g/mol. The van der Waals surface area contributed by atoms with E-state index in [-0.39, 0.29) is 5.82 Å². The predicted molar refractivity (Wildman–Crippen MR) is 81.2 cm³/mol. The summed E-state index contributed by atoms with van der Waals surface area (Å²) < 4.78 is 19.7. The van der Waals surface area contributed by atoms with E-state index in [2.05, 4.69) is 15.9 Å². The van der Waals surface area contributed by atoms with E-state index in [4.69, 9.17) is 22.7 Å². The van der Waals surface area contributed by atoms with Crippen LogP contribution in [-0.2, 0) is 0 Å². The number of ether oxygens (including phenoxy) is 1. The van der Waals surface area contributed by atoms with Crippen LogP contribution in [0.1, 0.15) is 11.1 Å². The molecule has 0 saturated carbocycles. The van der Waals surface area contributed by atoms with E-state index in [0.717, 1.165) is 5.56 Å². The molecule has 0 unspecified atom stereocenters. The van der Waals surface area contributed by atoms with Crippen molar-refractivity contribution in [3.05, 3.63) is 57.8 Å². The molecule has 0 aliphatic heterocycles. The van der Waals surface area contributed by atoms with E-state index in [0.29, 0.717) is 26.5 Å². The number of nitrogens with two attached hydrogens (primary N) is 1. The van der Waals surface area contributed by atoms with Gasteiger partial charge in [-0.15, -0.1) is 0 Å². The zero-order valence-corrected chi connectivity index (χ0v) is 12.5. The van der Waals surface area contributed by atoms with Gasteiger partial charge in [0, 0.05) is 11.6 Å². The van der Waals surface area contributed by atoms with Crippen molar-refractivity contribution >= 4 is 33.1 Å². The number of rotatable bonds is 3. The lowest BCUT2D eigenvalue weighted by atomic mass is 10.2. The van der Waals surface area contributed by atoms with Gasteiger partial charge in [-0.3, -0.25) is 0 Å². The van der Waals surface area contributed by atoms with Crippen LogP contribution in [0.5, 0.6) is 11.5 Å². The molecule has 0 atom stereocenters. The highest BCUT2D eigenvalue weighted by Gasteiger charge is 2.07. The Kier molecular flexibility index (Phi) is 4.17. The first-order valence-electron chi connectivity index (χ1n) is 5.51. The third-order valence-corrected chi connectivity index (χ3v) is 3.44. The van der Waals surface area contributed by atoms with Gasteiger partial charge in [-0.1, -0.05) is 18.3 Å². The van der Waals surface area contributed by atoms with Gasteiger partial charge in [0.2, 0.25) is 0 Å². The maximum absolute atomic E-state index is 13.4. The predicted octanol–water partition coefficient (Wildman–Crippen LogP) is 4.32. The molecule has 0 aromatic heterocycles. The number of hydrogen-bond acceptors (Lipinski definition) is 2. The molecule has 98 valence electrons. The van der Waals surface area contributed by atoms with Crippen molar-refractivity contribution in [1.29, 1.82) is 0 Å². The van der Waals surface area contributed by atoms with Crippen LogP contribution in [0.2, 0.25) is 0 Å². The summed E-state index contributed by atoms with van der Waals surface area (Å²) in [5.41, 5.74) is 6.86. The summed E-state index contributed by atoms with van der Waals surface area (Å²) in [5, 5.41) is 0. The molecule has 0 bridgehead atoms. The lowest BCUT2D eigenvalue weighted by molar-refractivity contribution is 0.473. The maximum atomic E-state index is 13.4. The van der Waals surface area contributed by atoms with Crippen molar-refractivity contribution in [3.8, 4) is 11.5 Å². The first-order chi connectivity index (χ1) is 8.97. The minimum atomic E-state index is -0.298. The normalized spacial score (nSPS) is 10.3. The standard InChI is InChI=1S/C14H11BrFNOS/c1-8-2-4-10(7-12(8)16)18-13-5-3-9(14(17)19)6-11(13)15/h2-7H,1H3,(H2,17,19). The third kappa shape index (κ3) is 3.30. The Hall–Kier alpha value is -1.46. The van der Waals surface area contributed by atoms with Crippen LogP contribution < -0.4 is 10.5 Å². The first kappa shape index (κ1) is 14.0. The van der Waals surface area contributed by atoms with Gasteiger partial charge in [0.05, 0.1) is 4.47 Å². The van der Waals surface area contributed by atoms with Gasteiger partial charge < -0.3 is 10.5 Å². The van der Waals surface area contributed by atoms with Crippen molar-refractivity contribution in [2.45, 2.75) is 6.92 Å². The molecule has 2 aromatic carbocycles. The molecule has 2 rings (SSSR count). The maximum Gasteiger partial charge on any atom is 0.141 e. The van der Waals surface area contributed by atoms with Gasteiger partial charge in [0.1, 0.15) is 22.3 Å². The van der Waals surface area contributed by atoms with E-state index in [1.165, 1.54) is 6.07 Å². The third-order valence-electron chi connectivity index (χ3n) is 2.59. The fourth-order valence-electron chi connectivity index (χ4n) is 1.50. The Morgan fingerprint density at radius 2 is 2.00 bits per heavy atom. The monoisotopic (exact) mass is 339 g/mol. The number of hydrogen-bond donors (Lipinski definition) is 1. The Bertz CT molecular complexity index is 645. The van der Waals surface area contributed by atoms with E-state index in [1.807, 2.05) is 0 Å². The van der Waals surface area contributed by atoms with Gasteiger partial charge in [-0.25, -0.2) is 4.39 Å². The molecule has 0 aliphatic carbocycles. The van der Waals surface area contributed by atoms with Crippen molar-refractivity contribution in [2.75, 3.05) is 0 Å². The minimum Gasteiger partial charge on any atom is -0.456 e. The van der Waals surface area contributed by atoms with Gasteiger partial charge in [0.25, 0.3) is 0 Å². The van der Waals surface area contributed by atoms with Crippen molar-refractivity contribution in [1.82, 2.24) is 0 Å². The van der Waals surface area contributed by atoms with E-state index in [9.17, 15) is 4.39 Å². The van der Waals surface area contributed by atoms with E-state index in [1.54, 1.807) is 37.3 Å². The second-order valence-corrected chi connectivity index (χ2v) is 5.32. The second-order valence-electron chi connectivity index (χ2n) is 4.02. The molecule has 5 heteroatoms. The number of aryl methyl sites for hydroxylation is 1. The summed E-state index contributed by atoms with van der Waals surface area (Å²) in [5.74, 6) is 0.712. The molecule has 0 amide bonds. The van der Waals surface area contributed by atoms with Gasteiger partial charge in [0.15, 0.2) is 0 Å². The van der Waals surface area contributed by atoms with Gasteiger partial charge in [-0.05, 0) is 52.7 Å². The number of benzene rings is 2. The van der Waals surface area contributed by atoms with Crippen LogP contribution in [0.25, 0.3) is 0 Å². The highest BCUT2D eigenvalue weighted by Crippen LogP contribution is 2.31. The average molecular weight is 340 g/mol. The molecule has 2 aromatic rings. The van der Waals surface area contributed by atoms with Crippen molar-refractivity contribution in [2.24, 2.45) is 5.73 Å². The largest absolute Gasteiger partial charge is 0.456 e. The van der Waals surface area contributed by atoms with E-state index >= 15 is 0 Å². The first-order valence-corrected chi connectivity index (χ1v) is 6.71. The van der Waals surface area contributed by atoms with Crippen molar-refractivity contribution < 1.29 is 9.13 Å². The molecule has 0 spiro atoms. The Labute approximate surface area is 124 Å². The highest BCUT2D eigenvalue weighted by molar-refractivity contribution is 9.10. The van der Waals surface area contributed by atoms with Crippen LogP contribution in [0.4, 0.5) is 4.39 Å². The zero-order chi connectivity index (χ0) is 14.0. The Balaban J connectivity index is 2.28. The summed E-state index contributed by atoms with van der Waals surface area (Å²) in [6.45, 7) is 1.70. The van der Waals surface area contributed by atoms with Crippen LogP contribution in [0.3, 0.4) is 0 Å². The molecule has 2 nitrogen and oxygen atoms in total. The quantitative estimate of drug-likeness (QED) is 0.845. The van der Waals surface area contributed by atoms with Crippen LogP contribution in [0.15, 0.2) is 40.9 Å². The van der Waals surface area contributed by atoms with Crippen molar-refractivity contribution in [3.63, 3.8) is 0 Å². The fourth-order valence-corrected chi connectivity index (χ4v) is 2.09. The SMILES string of the molecule is Cc1ccc(Oc2ccc(C(N)=S)cc2Br)cc1F. The molecule has 2 N–H and O–H groups in total. The van der Waals surface area contributed by atoms with Gasteiger partial charge in [-0.2, -0.15) is 0 Å². The van der Waals surface area contributed by atoms with E-state index < -0.39 is 0 Å². The number of halogens is 2.